The fraction of sp³-hybridized carbons (Fsp3) is 0.370. The number of nitrogen functional groups attached to an aromatic ring is 1. The normalized spacial score (nSPS) is 12.1. The van der Waals surface area contributed by atoms with Crippen LogP contribution in [0.2, 0.25) is 0 Å². The van der Waals surface area contributed by atoms with Gasteiger partial charge in [-0.2, -0.15) is 0 Å². The maximum Gasteiger partial charge on any atom is 0.326 e. The number of rotatable bonds is 15. The Hall–Kier alpha value is -5.01. The van der Waals surface area contributed by atoms with E-state index in [1.54, 1.807) is 38.1 Å². The van der Waals surface area contributed by atoms with E-state index in [4.69, 9.17) is 5.73 Å². The monoisotopic (exact) mass is 570 g/mol. The minimum Gasteiger partial charge on any atom is -0.480 e. The van der Waals surface area contributed by atoms with Crippen molar-refractivity contribution >= 4 is 41.0 Å². The number of aliphatic carboxylic acids is 1. The van der Waals surface area contributed by atoms with Gasteiger partial charge in [0.1, 0.15) is 12.1 Å². The number of non-ortho nitro benzene ring substituents is 1. The van der Waals surface area contributed by atoms with Crippen molar-refractivity contribution in [2.45, 2.75) is 45.2 Å². The van der Waals surface area contributed by atoms with Gasteiger partial charge in [0.25, 0.3) is 11.6 Å². The highest BCUT2D eigenvalue weighted by molar-refractivity contribution is 5.99. The smallest absolute Gasteiger partial charge is 0.326 e. The summed E-state index contributed by atoms with van der Waals surface area (Å²) in [5.41, 5.74) is 6.63. The van der Waals surface area contributed by atoms with Gasteiger partial charge in [0.2, 0.25) is 17.7 Å². The van der Waals surface area contributed by atoms with Crippen molar-refractivity contribution in [2.24, 2.45) is 5.92 Å². The van der Waals surface area contributed by atoms with E-state index in [0.29, 0.717) is 5.56 Å². The van der Waals surface area contributed by atoms with E-state index in [1.807, 2.05) is 0 Å². The van der Waals surface area contributed by atoms with E-state index >= 15 is 0 Å². The number of nitro benzene ring substituents is 1. The number of carboxylic acid groups (broad SMARTS) is 1. The van der Waals surface area contributed by atoms with Crippen LogP contribution in [0.5, 0.6) is 0 Å². The minimum atomic E-state index is -1.23. The number of benzene rings is 2. The average molecular weight is 571 g/mol. The Morgan fingerprint density at radius 3 is 2.17 bits per heavy atom. The first kappa shape index (κ1) is 32.2. The van der Waals surface area contributed by atoms with Crippen molar-refractivity contribution in [1.82, 2.24) is 21.3 Å². The lowest BCUT2D eigenvalue weighted by Crippen LogP contribution is -2.54. The Labute approximate surface area is 236 Å². The van der Waals surface area contributed by atoms with Crippen LogP contribution in [0.1, 0.15) is 42.6 Å². The second-order valence-electron chi connectivity index (χ2n) is 9.65. The summed E-state index contributed by atoms with van der Waals surface area (Å²) in [5.74, 6) is -3.76. The number of hydrogen-bond donors (Lipinski definition) is 6. The molecule has 0 radical (unpaired) electrons. The summed E-state index contributed by atoms with van der Waals surface area (Å²) >= 11 is 0. The van der Waals surface area contributed by atoms with Crippen LogP contribution in [0.25, 0.3) is 0 Å². The van der Waals surface area contributed by atoms with Crippen LogP contribution in [0.15, 0.2) is 48.5 Å². The molecule has 14 nitrogen and oxygen atoms in total. The second kappa shape index (κ2) is 15.5. The highest BCUT2D eigenvalue weighted by Crippen LogP contribution is 2.14. The molecule has 2 aromatic carbocycles. The van der Waals surface area contributed by atoms with E-state index in [-0.39, 0.29) is 48.7 Å². The third-order valence-corrected chi connectivity index (χ3v) is 5.85. The molecule has 0 spiro atoms. The Morgan fingerprint density at radius 1 is 0.927 bits per heavy atom. The Kier molecular flexibility index (Phi) is 12.2. The van der Waals surface area contributed by atoms with Crippen LogP contribution < -0.4 is 27.0 Å². The van der Waals surface area contributed by atoms with Gasteiger partial charge in [-0.15, -0.1) is 0 Å². The maximum atomic E-state index is 13.0. The minimum absolute atomic E-state index is 0.0157. The molecule has 0 saturated carbocycles. The molecule has 0 aliphatic heterocycles. The molecule has 14 heteroatoms. The SMILES string of the molecule is CC(C)C[C@H](NC(=O)[C@H](Cc1ccc([N+](=O)[O-])cc1)NC(=O)CNC(=O)CCNC(=O)c1ccccc1N)C(=O)O. The van der Waals surface area contributed by atoms with Crippen molar-refractivity contribution in [1.29, 1.82) is 0 Å². The van der Waals surface area contributed by atoms with Crippen LogP contribution in [0.4, 0.5) is 11.4 Å². The molecule has 220 valence electrons. The van der Waals surface area contributed by atoms with Crippen molar-refractivity contribution < 1.29 is 34.0 Å². The first-order valence-corrected chi connectivity index (χ1v) is 12.8. The predicted molar refractivity (Wildman–Crippen MR) is 149 cm³/mol. The zero-order valence-electron chi connectivity index (χ0n) is 22.7. The van der Waals surface area contributed by atoms with Gasteiger partial charge in [-0.25, -0.2) is 4.79 Å². The Bertz CT molecular complexity index is 1260. The van der Waals surface area contributed by atoms with Gasteiger partial charge in [-0.05, 0) is 30.0 Å². The molecule has 0 heterocycles. The predicted octanol–water partition coefficient (Wildman–Crippen LogP) is 0.756. The number of nitro groups is 1. The van der Waals surface area contributed by atoms with Gasteiger partial charge in [0.05, 0.1) is 17.0 Å². The zero-order chi connectivity index (χ0) is 30.5. The lowest BCUT2D eigenvalue weighted by molar-refractivity contribution is -0.384. The van der Waals surface area contributed by atoms with Crippen LogP contribution in [0, 0.1) is 16.0 Å². The van der Waals surface area contributed by atoms with Crippen LogP contribution in [-0.2, 0) is 25.6 Å². The number of anilines is 1. The molecule has 0 aliphatic rings. The molecule has 0 unspecified atom stereocenters. The van der Waals surface area contributed by atoms with Gasteiger partial charge in [-0.3, -0.25) is 29.3 Å². The van der Waals surface area contributed by atoms with Crippen LogP contribution >= 0.6 is 0 Å². The van der Waals surface area contributed by atoms with E-state index in [1.165, 1.54) is 24.3 Å². The maximum absolute atomic E-state index is 13.0. The molecule has 2 rings (SSSR count). The van der Waals surface area contributed by atoms with E-state index in [0.717, 1.165) is 0 Å². The number of carboxylic acids is 1. The molecule has 0 fully saturated rings. The number of carbonyl (C=O) groups excluding carboxylic acids is 4. The number of nitrogens with one attached hydrogen (secondary N) is 4. The topological polar surface area (TPSA) is 223 Å². The molecule has 0 aliphatic carbocycles. The second-order valence-corrected chi connectivity index (χ2v) is 9.65. The standard InChI is InChI=1S/C27H34N6O8/c1-16(2)13-22(27(38)39)32-26(37)21(14-17-7-9-18(10-8-17)33(40)41)31-24(35)15-30-23(34)11-12-29-25(36)19-5-3-4-6-20(19)28/h3-10,16,21-22H,11-15,28H2,1-2H3,(H,29,36)(H,30,34)(H,31,35)(H,32,37)(H,38,39)/t21-,22-/m0/s1. The first-order chi connectivity index (χ1) is 19.4. The summed E-state index contributed by atoms with van der Waals surface area (Å²) in [5, 5.41) is 30.3. The molecule has 2 aromatic rings. The molecule has 0 bridgehead atoms. The molecular formula is C27H34N6O8. The summed E-state index contributed by atoms with van der Waals surface area (Å²) in [7, 11) is 0. The van der Waals surface area contributed by atoms with Gasteiger partial charge in [-0.1, -0.05) is 38.1 Å². The number of nitrogens with zero attached hydrogens (tertiary/aromatic N) is 1. The van der Waals surface area contributed by atoms with Crippen molar-refractivity contribution in [2.75, 3.05) is 18.8 Å². The summed E-state index contributed by atoms with van der Waals surface area (Å²) < 4.78 is 0. The Balaban J connectivity index is 1.97. The number of amides is 4. The van der Waals surface area contributed by atoms with Crippen LogP contribution in [0.3, 0.4) is 0 Å². The van der Waals surface area contributed by atoms with Gasteiger partial charge in [0.15, 0.2) is 0 Å². The fourth-order valence-electron chi connectivity index (χ4n) is 3.77. The summed E-state index contributed by atoms with van der Waals surface area (Å²) in [6.45, 7) is 3.09. The quantitative estimate of drug-likeness (QED) is 0.101. The van der Waals surface area contributed by atoms with Gasteiger partial charge >= 0.3 is 5.97 Å². The molecular weight excluding hydrogens is 536 g/mol. The van der Waals surface area contributed by atoms with Crippen LogP contribution in [-0.4, -0.2) is 64.8 Å². The summed E-state index contributed by atoms with van der Waals surface area (Å²) in [6, 6.07) is 9.36. The average Bonchev–Trinajstić information content (AvgIpc) is 2.91. The number of hydrogen-bond acceptors (Lipinski definition) is 8. The summed E-state index contributed by atoms with van der Waals surface area (Å²) in [4.78, 5) is 72.0. The summed E-state index contributed by atoms with van der Waals surface area (Å²) in [6.07, 6.45) is -0.0666. The van der Waals surface area contributed by atoms with E-state index < -0.39 is 53.1 Å². The first-order valence-electron chi connectivity index (χ1n) is 12.8. The van der Waals surface area contributed by atoms with E-state index in [2.05, 4.69) is 21.3 Å². The van der Waals surface area contributed by atoms with Crippen molar-refractivity contribution in [3.05, 3.63) is 69.8 Å². The molecule has 2 atom stereocenters. The zero-order valence-corrected chi connectivity index (χ0v) is 22.7. The molecule has 4 amide bonds. The molecule has 41 heavy (non-hydrogen) atoms. The largest absolute Gasteiger partial charge is 0.480 e. The van der Waals surface area contributed by atoms with Crippen molar-refractivity contribution in [3.63, 3.8) is 0 Å². The molecule has 0 saturated heterocycles. The lowest BCUT2D eigenvalue weighted by Gasteiger charge is -2.22. The van der Waals surface area contributed by atoms with Gasteiger partial charge < -0.3 is 32.1 Å². The fourth-order valence-corrected chi connectivity index (χ4v) is 3.77. The number of nitrogens with two attached hydrogens (primary N) is 1. The molecule has 7 N–H and O–H groups in total. The lowest BCUT2D eigenvalue weighted by atomic mass is 10.0. The highest BCUT2D eigenvalue weighted by atomic mass is 16.6. The highest BCUT2D eigenvalue weighted by Gasteiger charge is 2.27. The third-order valence-electron chi connectivity index (χ3n) is 5.85. The number of carbonyl (C=O) groups is 5. The van der Waals surface area contributed by atoms with Crippen molar-refractivity contribution in [3.8, 4) is 0 Å². The van der Waals surface area contributed by atoms with Gasteiger partial charge in [0, 0.05) is 37.2 Å². The van der Waals surface area contributed by atoms with E-state index in [9.17, 15) is 39.2 Å². The number of para-hydroxylation sites is 1. The third kappa shape index (κ3) is 10.9. The Morgan fingerprint density at radius 2 is 1.59 bits per heavy atom. The molecule has 0 aromatic heterocycles.